The Morgan fingerprint density at radius 3 is 2.93 bits per heavy atom. The molecule has 0 radical (unpaired) electrons. The Labute approximate surface area is 162 Å². The van der Waals surface area contributed by atoms with E-state index in [2.05, 4.69) is 19.2 Å². The Bertz CT molecular complexity index is 818. The minimum Gasteiger partial charge on any atom is -0.482 e. The maximum absolute atomic E-state index is 12.9. The number of carboxylic acids is 1. The van der Waals surface area contributed by atoms with Crippen molar-refractivity contribution >= 4 is 23.2 Å². The van der Waals surface area contributed by atoms with Crippen LogP contribution < -0.4 is 4.74 Å². The average Bonchev–Trinajstić information content (AvgIpc) is 3.17. The van der Waals surface area contributed by atoms with Gasteiger partial charge in [0, 0.05) is 30.0 Å². The summed E-state index contributed by atoms with van der Waals surface area (Å²) < 4.78 is 5.18. The first-order valence-electron chi connectivity index (χ1n) is 9.13. The molecule has 144 valence electrons. The lowest BCUT2D eigenvalue weighted by Crippen LogP contribution is -2.39. The Morgan fingerprint density at radius 2 is 2.22 bits per heavy atom. The van der Waals surface area contributed by atoms with Crippen molar-refractivity contribution in [3.63, 3.8) is 0 Å². The topological polar surface area (TPSA) is 79.7 Å². The molecule has 0 aliphatic carbocycles. The van der Waals surface area contributed by atoms with E-state index in [-0.39, 0.29) is 11.8 Å². The molecule has 1 aliphatic rings. The number of ether oxygens (including phenoxy) is 1. The molecule has 7 heteroatoms. The smallest absolute Gasteiger partial charge is 0.341 e. The van der Waals surface area contributed by atoms with Crippen molar-refractivity contribution in [2.75, 3.05) is 19.7 Å². The van der Waals surface area contributed by atoms with Crippen molar-refractivity contribution in [2.24, 2.45) is 0 Å². The molecule has 1 unspecified atom stereocenters. The molecule has 0 spiro atoms. The summed E-state index contributed by atoms with van der Waals surface area (Å²) in [4.78, 5) is 30.2. The van der Waals surface area contributed by atoms with Gasteiger partial charge in [0.2, 0.25) is 0 Å². The van der Waals surface area contributed by atoms with Crippen LogP contribution in [-0.2, 0) is 4.79 Å². The molecule has 1 saturated heterocycles. The number of carbonyl (C=O) groups excluding carboxylic acids is 1. The second kappa shape index (κ2) is 8.52. The Kier molecular flexibility index (Phi) is 6.11. The van der Waals surface area contributed by atoms with Gasteiger partial charge < -0.3 is 14.7 Å². The molecule has 2 heterocycles. The summed E-state index contributed by atoms with van der Waals surface area (Å²) in [5, 5.41) is 11.9. The van der Waals surface area contributed by atoms with Crippen LogP contribution in [0.1, 0.15) is 59.6 Å². The fourth-order valence-corrected chi connectivity index (χ4v) is 4.27. The third-order valence-corrected chi connectivity index (χ3v) is 5.66. The zero-order valence-corrected chi connectivity index (χ0v) is 16.4. The second-order valence-electron chi connectivity index (χ2n) is 7.07. The maximum Gasteiger partial charge on any atom is 0.341 e. The van der Waals surface area contributed by atoms with Gasteiger partial charge >= 0.3 is 5.97 Å². The van der Waals surface area contributed by atoms with E-state index in [1.807, 2.05) is 4.90 Å². The fourth-order valence-electron chi connectivity index (χ4n) is 3.16. The number of piperidine rings is 1. The first kappa shape index (κ1) is 19.4. The number of amides is 1. The number of aliphatic carboxylic acids is 1. The van der Waals surface area contributed by atoms with Gasteiger partial charge in [0.1, 0.15) is 5.75 Å². The number of hydrogen-bond acceptors (Lipinski definition) is 5. The SMILES string of the molecule is CC(C)c1csc(C2CCCN(C(=O)c3cccc(OCC(=O)O)c3)C2)n1. The number of likely N-dealkylation sites (tertiary alicyclic amines) is 1. The molecule has 0 saturated carbocycles. The fraction of sp³-hybridized carbons (Fsp3) is 0.450. The molecule has 1 aromatic carbocycles. The lowest BCUT2D eigenvalue weighted by molar-refractivity contribution is -0.139. The summed E-state index contributed by atoms with van der Waals surface area (Å²) in [6, 6.07) is 6.71. The molecule has 2 aromatic rings. The lowest BCUT2D eigenvalue weighted by atomic mass is 9.98. The highest BCUT2D eigenvalue weighted by molar-refractivity contribution is 7.09. The summed E-state index contributed by atoms with van der Waals surface area (Å²) in [7, 11) is 0. The molecule has 6 nitrogen and oxygen atoms in total. The number of carboxylic acid groups (broad SMARTS) is 1. The Balaban J connectivity index is 1.69. The highest BCUT2D eigenvalue weighted by Crippen LogP contribution is 2.31. The van der Waals surface area contributed by atoms with E-state index in [1.165, 1.54) is 0 Å². The first-order chi connectivity index (χ1) is 12.9. The van der Waals surface area contributed by atoms with Crippen molar-refractivity contribution < 1.29 is 19.4 Å². The van der Waals surface area contributed by atoms with Gasteiger partial charge in [0.05, 0.1) is 10.7 Å². The van der Waals surface area contributed by atoms with E-state index in [4.69, 9.17) is 14.8 Å². The van der Waals surface area contributed by atoms with Crippen molar-refractivity contribution in [1.82, 2.24) is 9.88 Å². The highest BCUT2D eigenvalue weighted by Gasteiger charge is 2.27. The molecule has 1 aliphatic heterocycles. The minimum atomic E-state index is -1.05. The van der Waals surface area contributed by atoms with Crippen LogP contribution in [0.3, 0.4) is 0 Å². The van der Waals surface area contributed by atoms with Crippen LogP contribution in [0.4, 0.5) is 0 Å². The van der Waals surface area contributed by atoms with E-state index < -0.39 is 12.6 Å². The third kappa shape index (κ3) is 4.86. The van der Waals surface area contributed by atoms with Gasteiger partial charge in [-0.15, -0.1) is 11.3 Å². The maximum atomic E-state index is 12.9. The number of aromatic nitrogens is 1. The normalized spacial score (nSPS) is 17.1. The van der Waals surface area contributed by atoms with Crippen molar-refractivity contribution in [2.45, 2.75) is 38.5 Å². The van der Waals surface area contributed by atoms with Crippen LogP contribution in [0, 0.1) is 0 Å². The van der Waals surface area contributed by atoms with Crippen LogP contribution in [0.5, 0.6) is 5.75 Å². The number of benzene rings is 1. The summed E-state index contributed by atoms with van der Waals surface area (Å²) in [5.74, 6) is -0.0363. The number of hydrogen-bond donors (Lipinski definition) is 1. The molecule has 1 aromatic heterocycles. The molecule has 0 bridgehead atoms. The largest absolute Gasteiger partial charge is 0.482 e. The standard InChI is InChI=1S/C20H24N2O4S/c1-13(2)17-12-27-19(21-17)15-6-4-8-22(10-15)20(25)14-5-3-7-16(9-14)26-11-18(23)24/h3,5,7,9,12-13,15H,4,6,8,10-11H2,1-2H3,(H,23,24). The monoisotopic (exact) mass is 388 g/mol. The highest BCUT2D eigenvalue weighted by atomic mass is 32.1. The molecule has 27 heavy (non-hydrogen) atoms. The van der Waals surface area contributed by atoms with Crippen LogP contribution in [0.15, 0.2) is 29.6 Å². The van der Waals surface area contributed by atoms with E-state index in [0.29, 0.717) is 23.8 Å². The predicted octanol–water partition coefficient (Wildman–Crippen LogP) is 3.75. The van der Waals surface area contributed by atoms with Gasteiger partial charge in [-0.2, -0.15) is 0 Å². The molecule has 1 fully saturated rings. The van der Waals surface area contributed by atoms with Crippen LogP contribution >= 0.6 is 11.3 Å². The third-order valence-electron chi connectivity index (χ3n) is 4.63. The number of rotatable bonds is 6. The summed E-state index contributed by atoms with van der Waals surface area (Å²) in [6.45, 7) is 5.22. The Morgan fingerprint density at radius 1 is 1.41 bits per heavy atom. The van der Waals surface area contributed by atoms with Crippen LogP contribution in [0.2, 0.25) is 0 Å². The first-order valence-corrected chi connectivity index (χ1v) is 10.0. The molecule has 1 atom stereocenters. The van der Waals surface area contributed by atoms with Crippen molar-refractivity contribution in [3.8, 4) is 5.75 Å². The summed E-state index contributed by atoms with van der Waals surface area (Å²) in [5.41, 5.74) is 1.63. The van der Waals surface area contributed by atoms with Crippen LogP contribution in [-0.4, -0.2) is 46.6 Å². The quantitative estimate of drug-likeness (QED) is 0.815. The van der Waals surface area contributed by atoms with Gasteiger partial charge in [0.25, 0.3) is 5.91 Å². The van der Waals surface area contributed by atoms with Gasteiger partial charge in [-0.1, -0.05) is 19.9 Å². The predicted molar refractivity (Wildman–Crippen MR) is 104 cm³/mol. The van der Waals surface area contributed by atoms with E-state index in [1.54, 1.807) is 35.6 Å². The number of thiazole rings is 1. The summed E-state index contributed by atoms with van der Waals surface area (Å²) in [6.07, 6.45) is 1.98. The Hall–Kier alpha value is -2.41. The van der Waals surface area contributed by atoms with Crippen molar-refractivity contribution in [3.05, 3.63) is 45.9 Å². The van der Waals surface area contributed by atoms with Gasteiger partial charge in [0.15, 0.2) is 6.61 Å². The molecule has 1 amide bonds. The van der Waals surface area contributed by atoms with Gasteiger partial charge in [-0.25, -0.2) is 9.78 Å². The molecule has 1 N–H and O–H groups in total. The molecule has 3 rings (SSSR count). The minimum absolute atomic E-state index is 0.0545. The van der Waals surface area contributed by atoms with E-state index >= 15 is 0 Å². The summed E-state index contributed by atoms with van der Waals surface area (Å²) >= 11 is 1.68. The van der Waals surface area contributed by atoms with E-state index in [9.17, 15) is 9.59 Å². The number of carbonyl (C=O) groups is 2. The van der Waals surface area contributed by atoms with E-state index in [0.717, 1.165) is 30.1 Å². The van der Waals surface area contributed by atoms with Gasteiger partial charge in [-0.05, 0) is 37.0 Å². The average molecular weight is 388 g/mol. The lowest BCUT2D eigenvalue weighted by Gasteiger charge is -2.32. The van der Waals surface area contributed by atoms with Crippen LogP contribution in [0.25, 0.3) is 0 Å². The van der Waals surface area contributed by atoms with Crippen molar-refractivity contribution in [1.29, 1.82) is 0 Å². The second-order valence-corrected chi connectivity index (χ2v) is 7.96. The molecular formula is C20H24N2O4S. The molecular weight excluding hydrogens is 364 g/mol. The number of nitrogens with zero attached hydrogens (tertiary/aromatic N) is 2. The van der Waals surface area contributed by atoms with Gasteiger partial charge in [-0.3, -0.25) is 4.79 Å². The zero-order valence-electron chi connectivity index (χ0n) is 15.6. The zero-order chi connectivity index (χ0) is 19.4.